The number of carbonyl (C=O) groups is 1. The van der Waals surface area contributed by atoms with Gasteiger partial charge in [0.1, 0.15) is 5.52 Å². The Morgan fingerprint density at radius 2 is 2.00 bits per heavy atom. The molecule has 1 aromatic carbocycles. The molecule has 0 aliphatic rings. The summed E-state index contributed by atoms with van der Waals surface area (Å²) in [7, 11) is 0. The molecule has 3 aromatic rings. The van der Waals surface area contributed by atoms with Crippen molar-refractivity contribution in [1.29, 1.82) is 0 Å². The molecule has 0 aliphatic carbocycles. The van der Waals surface area contributed by atoms with Crippen LogP contribution in [0.5, 0.6) is 0 Å². The van der Waals surface area contributed by atoms with Gasteiger partial charge in [0, 0.05) is 16.8 Å². The zero-order valence-electron chi connectivity index (χ0n) is 9.82. The predicted molar refractivity (Wildman–Crippen MR) is 69.1 cm³/mol. The lowest BCUT2D eigenvalue weighted by atomic mass is 9.99. The van der Waals surface area contributed by atoms with Crippen LogP contribution in [0, 0.1) is 0 Å². The summed E-state index contributed by atoms with van der Waals surface area (Å²) in [6.07, 6.45) is 2.88. The van der Waals surface area contributed by atoms with Gasteiger partial charge in [-0.25, -0.2) is 0 Å². The summed E-state index contributed by atoms with van der Waals surface area (Å²) in [6, 6.07) is 7.21. The third-order valence-electron chi connectivity index (χ3n) is 2.85. The number of amides is 1. The van der Waals surface area contributed by atoms with E-state index in [0.29, 0.717) is 22.3 Å². The van der Waals surface area contributed by atoms with Crippen LogP contribution in [0.3, 0.4) is 0 Å². The van der Waals surface area contributed by atoms with Gasteiger partial charge in [0.2, 0.25) is 0 Å². The molecule has 0 bridgehead atoms. The molecule has 0 unspecified atom stereocenters. The number of nitrogens with zero attached hydrogens (tertiary/aromatic N) is 4. The van der Waals surface area contributed by atoms with Crippen molar-refractivity contribution >= 4 is 17.1 Å². The third-order valence-corrected chi connectivity index (χ3v) is 2.85. The first kappa shape index (κ1) is 11.1. The molecule has 2 heterocycles. The van der Waals surface area contributed by atoms with Crippen LogP contribution in [0.25, 0.3) is 16.6 Å². The van der Waals surface area contributed by atoms with Crippen molar-refractivity contribution in [2.24, 2.45) is 5.73 Å². The highest BCUT2D eigenvalue weighted by Gasteiger charge is 2.17. The van der Waals surface area contributed by atoms with Crippen LogP contribution in [0.4, 0.5) is 5.69 Å². The number of para-hydroxylation sites is 1. The van der Waals surface area contributed by atoms with Crippen LogP contribution in [0.2, 0.25) is 0 Å². The van der Waals surface area contributed by atoms with Crippen molar-refractivity contribution in [3.05, 3.63) is 42.2 Å². The Kier molecular flexibility index (Phi) is 2.38. The topological polar surface area (TPSA) is 112 Å². The van der Waals surface area contributed by atoms with Gasteiger partial charge in [-0.2, -0.15) is 5.10 Å². The Morgan fingerprint density at radius 3 is 2.74 bits per heavy atom. The van der Waals surface area contributed by atoms with Gasteiger partial charge in [-0.15, -0.1) is 9.73 Å². The van der Waals surface area contributed by atoms with Crippen LogP contribution in [-0.2, 0) is 0 Å². The maximum Gasteiger partial charge on any atom is 0.251 e. The van der Waals surface area contributed by atoms with Crippen LogP contribution < -0.4 is 11.5 Å². The second-order valence-corrected chi connectivity index (χ2v) is 3.99. The number of hydrogen-bond acceptors (Lipinski definition) is 5. The Labute approximate surface area is 107 Å². The number of hydrogen-bond donors (Lipinski definition) is 2. The molecule has 0 saturated carbocycles. The minimum absolute atomic E-state index is 0.285. The van der Waals surface area contributed by atoms with E-state index in [1.807, 2.05) is 18.2 Å². The molecular formula is C12H10N6O. The van der Waals surface area contributed by atoms with Gasteiger partial charge in [0.25, 0.3) is 5.91 Å². The van der Waals surface area contributed by atoms with Gasteiger partial charge >= 0.3 is 0 Å². The highest BCUT2D eigenvalue weighted by molar-refractivity contribution is 6.04. The lowest BCUT2D eigenvalue weighted by Crippen LogP contribution is -2.14. The Hall–Kier alpha value is -2.96. The van der Waals surface area contributed by atoms with Crippen molar-refractivity contribution in [1.82, 2.24) is 20.0 Å². The molecule has 3 rings (SSSR count). The molecule has 94 valence electrons. The quantitative estimate of drug-likeness (QED) is 0.645. The number of anilines is 1. The fourth-order valence-corrected chi connectivity index (χ4v) is 1.99. The van der Waals surface area contributed by atoms with Crippen molar-refractivity contribution in [2.75, 3.05) is 5.73 Å². The number of aromatic nitrogens is 4. The SMILES string of the molecule is NC(=O)c1cnn2nncc2c1-c1ccccc1N. The van der Waals surface area contributed by atoms with Crippen LogP contribution in [0.1, 0.15) is 10.4 Å². The minimum Gasteiger partial charge on any atom is -0.398 e. The fraction of sp³-hybridized carbons (Fsp3) is 0. The summed E-state index contributed by atoms with van der Waals surface area (Å²) in [6.45, 7) is 0. The molecule has 7 heteroatoms. The number of primary amides is 1. The fourth-order valence-electron chi connectivity index (χ4n) is 1.99. The first-order chi connectivity index (χ1) is 9.18. The average Bonchev–Trinajstić information content (AvgIpc) is 2.86. The van der Waals surface area contributed by atoms with Crippen molar-refractivity contribution in [3.8, 4) is 11.1 Å². The lowest BCUT2D eigenvalue weighted by molar-refractivity contribution is 0.100. The van der Waals surface area contributed by atoms with E-state index in [1.165, 1.54) is 17.0 Å². The number of nitrogens with two attached hydrogens (primary N) is 2. The molecule has 0 aliphatic heterocycles. The second kappa shape index (κ2) is 4.05. The predicted octanol–water partition coefficient (Wildman–Crippen LogP) is 0.472. The molecule has 0 spiro atoms. The largest absolute Gasteiger partial charge is 0.398 e. The zero-order valence-corrected chi connectivity index (χ0v) is 9.82. The van der Waals surface area contributed by atoms with Gasteiger partial charge in [-0.1, -0.05) is 18.2 Å². The summed E-state index contributed by atoms with van der Waals surface area (Å²) < 4.78 is 1.33. The van der Waals surface area contributed by atoms with Crippen molar-refractivity contribution in [3.63, 3.8) is 0 Å². The van der Waals surface area contributed by atoms with Crippen molar-refractivity contribution < 1.29 is 4.79 Å². The molecule has 7 nitrogen and oxygen atoms in total. The van der Waals surface area contributed by atoms with E-state index < -0.39 is 5.91 Å². The van der Waals surface area contributed by atoms with Crippen LogP contribution in [-0.4, -0.2) is 25.9 Å². The molecule has 19 heavy (non-hydrogen) atoms. The molecule has 0 saturated heterocycles. The standard InChI is InChI=1S/C12H10N6O/c13-9-4-2-1-3-7(9)11-8(12(14)19)5-16-18-10(11)6-15-17-18/h1-6H,13H2,(H2,14,19). The zero-order chi connectivity index (χ0) is 13.4. The minimum atomic E-state index is -0.575. The molecule has 0 fully saturated rings. The summed E-state index contributed by atoms with van der Waals surface area (Å²) in [5, 5.41) is 11.6. The van der Waals surface area contributed by atoms with E-state index in [4.69, 9.17) is 11.5 Å². The Bertz CT molecular complexity index is 779. The maximum absolute atomic E-state index is 11.6. The molecule has 4 N–H and O–H groups in total. The first-order valence-corrected chi connectivity index (χ1v) is 5.53. The van der Waals surface area contributed by atoms with E-state index in [9.17, 15) is 4.79 Å². The molecule has 0 radical (unpaired) electrons. The van der Waals surface area contributed by atoms with Gasteiger partial charge in [-0.05, 0) is 11.3 Å². The highest BCUT2D eigenvalue weighted by Crippen LogP contribution is 2.31. The van der Waals surface area contributed by atoms with E-state index in [1.54, 1.807) is 6.07 Å². The molecule has 1 amide bonds. The van der Waals surface area contributed by atoms with Crippen molar-refractivity contribution in [2.45, 2.75) is 0 Å². The van der Waals surface area contributed by atoms with Gasteiger partial charge in [-0.3, -0.25) is 4.79 Å². The highest BCUT2D eigenvalue weighted by atomic mass is 16.1. The Morgan fingerprint density at radius 1 is 1.21 bits per heavy atom. The number of nitrogen functional groups attached to an aromatic ring is 1. The smallest absolute Gasteiger partial charge is 0.251 e. The first-order valence-electron chi connectivity index (χ1n) is 5.53. The van der Waals surface area contributed by atoms with E-state index in [-0.39, 0.29) is 5.56 Å². The summed E-state index contributed by atoms with van der Waals surface area (Å²) in [5.74, 6) is -0.575. The summed E-state index contributed by atoms with van der Waals surface area (Å²) in [4.78, 5) is 11.6. The maximum atomic E-state index is 11.6. The van der Waals surface area contributed by atoms with Gasteiger partial charge in [0.15, 0.2) is 0 Å². The molecule has 0 atom stereocenters. The van der Waals surface area contributed by atoms with E-state index >= 15 is 0 Å². The Balaban J connectivity index is 2.43. The number of benzene rings is 1. The molecule has 2 aromatic heterocycles. The normalized spacial score (nSPS) is 10.7. The number of carbonyl (C=O) groups excluding carboxylic acids is 1. The van der Waals surface area contributed by atoms with E-state index in [0.717, 1.165) is 0 Å². The van der Waals surface area contributed by atoms with E-state index in [2.05, 4.69) is 15.4 Å². The van der Waals surface area contributed by atoms with Crippen LogP contribution in [0.15, 0.2) is 36.7 Å². The second-order valence-electron chi connectivity index (χ2n) is 3.99. The lowest BCUT2D eigenvalue weighted by Gasteiger charge is -2.10. The van der Waals surface area contributed by atoms with Crippen LogP contribution >= 0.6 is 0 Å². The summed E-state index contributed by atoms with van der Waals surface area (Å²) in [5.41, 5.74) is 14.0. The average molecular weight is 254 g/mol. The number of fused-ring (bicyclic) bond motifs is 1. The number of rotatable bonds is 2. The monoisotopic (exact) mass is 254 g/mol. The van der Waals surface area contributed by atoms with Gasteiger partial charge < -0.3 is 11.5 Å². The molecular weight excluding hydrogens is 244 g/mol. The summed E-state index contributed by atoms with van der Waals surface area (Å²) >= 11 is 0. The third kappa shape index (κ3) is 1.68. The van der Waals surface area contributed by atoms with Gasteiger partial charge in [0.05, 0.1) is 18.0 Å².